The molecular formula is C15H20N4S. The molecule has 0 spiro atoms. The highest BCUT2D eigenvalue weighted by Crippen LogP contribution is 2.35. The standard InChI is InChI=1S/C15H20N4S/c1-2-7-16-14-9-15(18-10-17-14)19-12-4-3-5-13-11(12)6-8-20-13/h6,8-10,12H,2-5,7H2,1H3,(H2,16,17,18,19). The van der Waals surface area contributed by atoms with Gasteiger partial charge >= 0.3 is 0 Å². The second kappa shape index (κ2) is 6.22. The van der Waals surface area contributed by atoms with Gasteiger partial charge in [-0.25, -0.2) is 9.97 Å². The lowest BCUT2D eigenvalue weighted by Crippen LogP contribution is -2.16. The minimum atomic E-state index is 0.388. The van der Waals surface area contributed by atoms with E-state index in [0.717, 1.165) is 24.6 Å². The van der Waals surface area contributed by atoms with Crippen LogP contribution in [0.2, 0.25) is 0 Å². The summed E-state index contributed by atoms with van der Waals surface area (Å²) in [6.45, 7) is 3.09. The van der Waals surface area contributed by atoms with Crippen molar-refractivity contribution in [1.29, 1.82) is 0 Å². The molecule has 2 aromatic rings. The monoisotopic (exact) mass is 288 g/mol. The molecule has 0 aromatic carbocycles. The summed E-state index contributed by atoms with van der Waals surface area (Å²) in [5.41, 5.74) is 1.45. The lowest BCUT2D eigenvalue weighted by Gasteiger charge is -2.24. The summed E-state index contributed by atoms with van der Waals surface area (Å²) < 4.78 is 0. The Hall–Kier alpha value is -1.62. The van der Waals surface area contributed by atoms with E-state index in [0.29, 0.717) is 6.04 Å². The lowest BCUT2D eigenvalue weighted by molar-refractivity contribution is 0.607. The molecular weight excluding hydrogens is 268 g/mol. The van der Waals surface area contributed by atoms with Crippen LogP contribution in [0.3, 0.4) is 0 Å². The summed E-state index contributed by atoms with van der Waals surface area (Å²) in [7, 11) is 0. The second-order valence-electron chi connectivity index (χ2n) is 5.10. The Kier molecular flexibility index (Phi) is 4.16. The Morgan fingerprint density at radius 1 is 1.35 bits per heavy atom. The largest absolute Gasteiger partial charge is 0.370 e. The Morgan fingerprint density at radius 3 is 3.15 bits per heavy atom. The van der Waals surface area contributed by atoms with Crippen molar-refractivity contribution in [2.24, 2.45) is 0 Å². The second-order valence-corrected chi connectivity index (χ2v) is 6.10. The van der Waals surface area contributed by atoms with Crippen LogP contribution in [0.5, 0.6) is 0 Å². The van der Waals surface area contributed by atoms with Gasteiger partial charge in [-0.3, -0.25) is 0 Å². The third kappa shape index (κ3) is 2.93. The molecule has 20 heavy (non-hydrogen) atoms. The fourth-order valence-electron chi connectivity index (χ4n) is 2.60. The molecule has 0 saturated carbocycles. The molecule has 0 radical (unpaired) electrons. The molecule has 4 nitrogen and oxygen atoms in total. The van der Waals surface area contributed by atoms with E-state index in [4.69, 9.17) is 0 Å². The summed E-state index contributed by atoms with van der Waals surface area (Å²) >= 11 is 1.87. The third-order valence-corrected chi connectivity index (χ3v) is 4.59. The third-order valence-electron chi connectivity index (χ3n) is 3.60. The van der Waals surface area contributed by atoms with Crippen molar-refractivity contribution in [3.63, 3.8) is 0 Å². The highest BCUT2D eigenvalue weighted by atomic mass is 32.1. The molecule has 0 aliphatic heterocycles. The van der Waals surface area contributed by atoms with E-state index in [-0.39, 0.29) is 0 Å². The fraction of sp³-hybridized carbons (Fsp3) is 0.467. The first kappa shape index (κ1) is 13.4. The van der Waals surface area contributed by atoms with E-state index < -0.39 is 0 Å². The quantitative estimate of drug-likeness (QED) is 0.877. The Balaban J connectivity index is 1.72. The van der Waals surface area contributed by atoms with Crippen molar-refractivity contribution in [2.45, 2.75) is 38.6 Å². The van der Waals surface area contributed by atoms with Gasteiger partial charge in [0.1, 0.15) is 18.0 Å². The maximum Gasteiger partial charge on any atom is 0.131 e. The number of anilines is 2. The molecule has 1 unspecified atom stereocenters. The highest BCUT2D eigenvalue weighted by molar-refractivity contribution is 7.10. The molecule has 2 heterocycles. The summed E-state index contributed by atoms with van der Waals surface area (Å²) in [6.07, 6.45) is 6.35. The first-order chi connectivity index (χ1) is 9.86. The van der Waals surface area contributed by atoms with Gasteiger partial charge < -0.3 is 10.6 Å². The first-order valence-corrected chi connectivity index (χ1v) is 8.13. The average molecular weight is 288 g/mol. The van der Waals surface area contributed by atoms with Crippen LogP contribution in [0.4, 0.5) is 11.6 Å². The number of aromatic nitrogens is 2. The zero-order valence-corrected chi connectivity index (χ0v) is 12.5. The molecule has 0 saturated heterocycles. The molecule has 2 N–H and O–H groups in total. The Morgan fingerprint density at radius 2 is 2.25 bits per heavy atom. The van der Waals surface area contributed by atoms with E-state index in [1.165, 1.54) is 29.7 Å². The van der Waals surface area contributed by atoms with E-state index in [1.807, 2.05) is 17.4 Å². The van der Waals surface area contributed by atoms with Gasteiger partial charge in [-0.2, -0.15) is 0 Å². The summed E-state index contributed by atoms with van der Waals surface area (Å²) in [4.78, 5) is 10.1. The molecule has 0 fully saturated rings. The zero-order valence-electron chi connectivity index (χ0n) is 11.7. The number of nitrogens with zero attached hydrogens (tertiary/aromatic N) is 2. The molecule has 0 bridgehead atoms. The van der Waals surface area contributed by atoms with Crippen molar-refractivity contribution < 1.29 is 0 Å². The smallest absolute Gasteiger partial charge is 0.131 e. The lowest BCUT2D eigenvalue weighted by atomic mass is 9.94. The van der Waals surface area contributed by atoms with Gasteiger partial charge in [0, 0.05) is 17.5 Å². The number of aryl methyl sites for hydroxylation is 1. The maximum absolute atomic E-state index is 4.34. The molecule has 5 heteroatoms. The van der Waals surface area contributed by atoms with Crippen molar-refractivity contribution >= 4 is 23.0 Å². The average Bonchev–Trinajstić information content (AvgIpc) is 2.95. The number of fused-ring (bicyclic) bond motifs is 1. The topological polar surface area (TPSA) is 49.8 Å². The predicted molar refractivity (Wildman–Crippen MR) is 84.4 cm³/mol. The summed E-state index contributed by atoms with van der Waals surface area (Å²) in [6, 6.07) is 4.63. The Labute approximate surface area is 123 Å². The van der Waals surface area contributed by atoms with Crippen LogP contribution in [0, 0.1) is 0 Å². The highest BCUT2D eigenvalue weighted by Gasteiger charge is 2.21. The number of rotatable bonds is 5. The van der Waals surface area contributed by atoms with Gasteiger partial charge in [0.25, 0.3) is 0 Å². The number of hydrogen-bond acceptors (Lipinski definition) is 5. The van der Waals surface area contributed by atoms with Gasteiger partial charge in [0.2, 0.25) is 0 Å². The van der Waals surface area contributed by atoms with Gasteiger partial charge in [0.05, 0.1) is 6.04 Å². The van der Waals surface area contributed by atoms with Gasteiger partial charge in [-0.05, 0) is 42.7 Å². The van der Waals surface area contributed by atoms with Crippen LogP contribution >= 0.6 is 11.3 Å². The number of hydrogen-bond donors (Lipinski definition) is 2. The van der Waals surface area contributed by atoms with Crippen LogP contribution in [-0.2, 0) is 6.42 Å². The van der Waals surface area contributed by atoms with Crippen LogP contribution in [-0.4, -0.2) is 16.5 Å². The van der Waals surface area contributed by atoms with Crippen molar-refractivity contribution in [3.05, 3.63) is 34.3 Å². The number of thiophene rings is 1. The molecule has 106 valence electrons. The minimum absolute atomic E-state index is 0.388. The number of nitrogens with one attached hydrogen (secondary N) is 2. The van der Waals surface area contributed by atoms with Gasteiger partial charge in [-0.1, -0.05) is 6.92 Å². The minimum Gasteiger partial charge on any atom is -0.370 e. The maximum atomic E-state index is 4.34. The molecule has 3 rings (SSSR count). The van der Waals surface area contributed by atoms with Crippen LogP contribution in [0.1, 0.15) is 42.7 Å². The molecule has 1 atom stereocenters. The Bertz CT molecular complexity index is 567. The zero-order chi connectivity index (χ0) is 13.8. The van der Waals surface area contributed by atoms with Crippen LogP contribution < -0.4 is 10.6 Å². The SMILES string of the molecule is CCCNc1cc(NC2CCCc3sccc32)ncn1. The van der Waals surface area contributed by atoms with E-state index >= 15 is 0 Å². The summed E-state index contributed by atoms with van der Waals surface area (Å²) in [5.74, 6) is 1.80. The van der Waals surface area contributed by atoms with Crippen LogP contribution in [0.25, 0.3) is 0 Å². The van der Waals surface area contributed by atoms with Crippen molar-refractivity contribution in [3.8, 4) is 0 Å². The molecule has 1 aliphatic rings. The van der Waals surface area contributed by atoms with E-state index in [2.05, 4.69) is 39.0 Å². The van der Waals surface area contributed by atoms with Gasteiger partial charge in [-0.15, -0.1) is 11.3 Å². The van der Waals surface area contributed by atoms with Gasteiger partial charge in [0.15, 0.2) is 0 Å². The fourth-order valence-corrected chi connectivity index (χ4v) is 3.59. The van der Waals surface area contributed by atoms with Crippen molar-refractivity contribution in [1.82, 2.24) is 9.97 Å². The van der Waals surface area contributed by atoms with E-state index in [1.54, 1.807) is 6.33 Å². The first-order valence-electron chi connectivity index (χ1n) is 7.25. The van der Waals surface area contributed by atoms with Crippen LogP contribution in [0.15, 0.2) is 23.8 Å². The molecule has 1 aliphatic carbocycles. The van der Waals surface area contributed by atoms with Crippen molar-refractivity contribution in [2.75, 3.05) is 17.2 Å². The summed E-state index contributed by atoms with van der Waals surface area (Å²) in [5, 5.41) is 9.05. The molecule has 0 amide bonds. The molecule has 2 aromatic heterocycles. The predicted octanol–water partition coefficient (Wildman–Crippen LogP) is 3.85. The normalized spacial score (nSPS) is 17.6. The van der Waals surface area contributed by atoms with E-state index in [9.17, 15) is 0 Å².